The molecular weight excluding hydrogens is 320 g/mol. The van der Waals surface area contributed by atoms with E-state index in [9.17, 15) is 14.7 Å². The van der Waals surface area contributed by atoms with Crippen LogP contribution in [0.5, 0.6) is 0 Å². The molecule has 5 heteroatoms. The monoisotopic (exact) mass is 358 g/mol. The lowest BCUT2D eigenvalue weighted by Crippen LogP contribution is -2.22. The number of rotatable bonds is 17. The van der Waals surface area contributed by atoms with Gasteiger partial charge in [0.05, 0.1) is 18.9 Å². The van der Waals surface area contributed by atoms with Gasteiger partial charge in [-0.1, -0.05) is 77.6 Å². The third-order valence-electron chi connectivity index (χ3n) is 4.34. The minimum atomic E-state index is -0.998. The average molecular weight is 359 g/mol. The van der Waals surface area contributed by atoms with Gasteiger partial charge in [0.25, 0.3) is 0 Å². The Balaban J connectivity index is 3.44. The van der Waals surface area contributed by atoms with E-state index in [1.54, 1.807) is 6.92 Å². The second-order valence-electron chi connectivity index (χ2n) is 7.08. The van der Waals surface area contributed by atoms with Gasteiger partial charge in [-0.05, 0) is 13.3 Å². The average Bonchev–Trinajstić information content (AvgIpc) is 2.51. The molecule has 0 aromatic heterocycles. The number of esters is 1. The predicted octanol–water partition coefficient (Wildman–Crippen LogP) is 4.84. The summed E-state index contributed by atoms with van der Waals surface area (Å²) in [4.78, 5) is 22.1. The molecule has 0 aliphatic carbocycles. The number of carboxylic acid groups (broad SMARTS) is 1. The normalized spacial score (nSPS) is 13.4. The molecule has 0 fully saturated rings. The van der Waals surface area contributed by atoms with Crippen molar-refractivity contribution in [2.75, 3.05) is 0 Å². The number of carbonyl (C=O) groups is 2. The molecule has 0 aliphatic heterocycles. The van der Waals surface area contributed by atoms with Crippen molar-refractivity contribution in [2.45, 2.75) is 116 Å². The first-order valence-corrected chi connectivity index (χ1v) is 10.0. The lowest BCUT2D eigenvalue weighted by atomic mass is 10.0. The van der Waals surface area contributed by atoms with Crippen LogP contribution < -0.4 is 0 Å². The Morgan fingerprint density at radius 3 is 1.80 bits per heavy atom. The molecule has 0 saturated carbocycles. The maximum atomic E-state index is 11.6. The summed E-state index contributed by atoms with van der Waals surface area (Å²) in [6, 6.07) is 0. The molecule has 0 saturated heterocycles. The van der Waals surface area contributed by atoms with Crippen LogP contribution in [0.3, 0.4) is 0 Å². The van der Waals surface area contributed by atoms with E-state index < -0.39 is 24.1 Å². The molecule has 0 heterocycles. The second-order valence-corrected chi connectivity index (χ2v) is 7.08. The minimum Gasteiger partial charge on any atom is -0.481 e. The van der Waals surface area contributed by atoms with E-state index in [-0.39, 0.29) is 12.8 Å². The number of unbranched alkanes of at least 4 members (excludes halogenated alkanes) is 10. The van der Waals surface area contributed by atoms with Crippen LogP contribution in [-0.4, -0.2) is 34.4 Å². The van der Waals surface area contributed by atoms with Gasteiger partial charge in [0.15, 0.2) is 0 Å². The summed E-state index contributed by atoms with van der Waals surface area (Å²) in [5.74, 6) is -1.52. The van der Waals surface area contributed by atoms with Crippen LogP contribution in [0.1, 0.15) is 104 Å². The van der Waals surface area contributed by atoms with Crippen molar-refractivity contribution in [2.24, 2.45) is 0 Å². The molecule has 25 heavy (non-hydrogen) atoms. The number of carbonyl (C=O) groups excluding carboxylic acids is 1. The molecule has 2 N–H and O–H groups in total. The van der Waals surface area contributed by atoms with Crippen molar-refractivity contribution in [1.29, 1.82) is 0 Å². The zero-order chi connectivity index (χ0) is 18.9. The summed E-state index contributed by atoms with van der Waals surface area (Å²) in [6.07, 6.45) is 12.8. The fourth-order valence-electron chi connectivity index (χ4n) is 2.90. The molecule has 0 rings (SSSR count). The van der Waals surface area contributed by atoms with Gasteiger partial charge >= 0.3 is 11.9 Å². The van der Waals surface area contributed by atoms with E-state index in [1.165, 1.54) is 57.8 Å². The van der Waals surface area contributed by atoms with Gasteiger partial charge in [-0.25, -0.2) is 0 Å². The lowest BCUT2D eigenvalue weighted by molar-refractivity contribution is -0.153. The highest BCUT2D eigenvalue weighted by atomic mass is 16.5. The molecular formula is C20H38O5. The Kier molecular flexibility index (Phi) is 15.7. The number of carboxylic acids is 1. The number of ether oxygens (including phenoxy) is 1. The van der Waals surface area contributed by atoms with E-state index in [2.05, 4.69) is 6.92 Å². The SMILES string of the molecule is CCCCCCCCCCCCCC(O)CC(=O)OC(C)CC(=O)O. The van der Waals surface area contributed by atoms with Gasteiger partial charge < -0.3 is 14.9 Å². The highest BCUT2D eigenvalue weighted by Crippen LogP contribution is 2.13. The summed E-state index contributed by atoms with van der Waals surface area (Å²) in [6.45, 7) is 3.78. The van der Waals surface area contributed by atoms with E-state index in [1.807, 2.05) is 0 Å². The van der Waals surface area contributed by atoms with Crippen molar-refractivity contribution < 1.29 is 24.5 Å². The summed E-state index contributed by atoms with van der Waals surface area (Å²) in [7, 11) is 0. The molecule has 0 radical (unpaired) electrons. The van der Waals surface area contributed by atoms with Gasteiger partial charge in [0.2, 0.25) is 0 Å². The maximum Gasteiger partial charge on any atom is 0.308 e. The molecule has 0 bridgehead atoms. The summed E-state index contributed by atoms with van der Waals surface area (Å²) in [5.41, 5.74) is 0. The molecule has 0 spiro atoms. The van der Waals surface area contributed by atoms with Gasteiger partial charge in [-0.2, -0.15) is 0 Å². The van der Waals surface area contributed by atoms with Crippen LogP contribution in [0.2, 0.25) is 0 Å². The highest BCUT2D eigenvalue weighted by Gasteiger charge is 2.16. The van der Waals surface area contributed by atoms with E-state index in [0.29, 0.717) is 6.42 Å². The number of aliphatic hydroxyl groups is 1. The standard InChI is InChI=1S/C20H38O5/c1-3-4-5-6-7-8-9-10-11-12-13-14-18(21)16-20(24)25-17(2)15-19(22)23/h17-18,21H,3-16H2,1-2H3,(H,22,23). The third-order valence-corrected chi connectivity index (χ3v) is 4.34. The smallest absolute Gasteiger partial charge is 0.308 e. The van der Waals surface area contributed by atoms with E-state index in [0.717, 1.165) is 12.8 Å². The molecule has 148 valence electrons. The van der Waals surface area contributed by atoms with Crippen molar-refractivity contribution >= 4 is 11.9 Å². The first kappa shape index (κ1) is 23.9. The van der Waals surface area contributed by atoms with Crippen LogP contribution in [-0.2, 0) is 14.3 Å². The fraction of sp³-hybridized carbons (Fsp3) is 0.900. The Morgan fingerprint density at radius 2 is 1.32 bits per heavy atom. The summed E-state index contributed by atoms with van der Waals surface area (Å²) >= 11 is 0. The maximum absolute atomic E-state index is 11.6. The zero-order valence-electron chi connectivity index (χ0n) is 16.2. The van der Waals surface area contributed by atoms with Gasteiger partial charge in [0.1, 0.15) is 6.10 Å². The Bertz CT molecular complexity index is 343. The van der Waals surface area contributed by atoms with Crippen molar-refractivity contribution in [1.82, 2.24) is 0 Å². The number of aliphatic hydroxyl groups excluding tert-OH is 1. The van der Waals surface area contributed by atoms with Gasteiger partial charge in [-0.3, -0.25) is 9.59 Å². The third kappa shape index (κ3) is 17.5. The largest absolute Gasteiger partial charge is 0.481 e. The zero-order valence-corrected chi connectivity index (χ0v) is 16.2. The Labute approximate surface area is 153 Å². The quantitative estimate of drug-likeness (QED) is 0.287. The summed E-state index contributed by atoms with van der Waals surface area (Å²) in [5, 5.41) is 18.4. The van der Waals surface area contributed by atoms with Crippen LogP contribution in [0.15, 0.2) is 0 Å². The van der Waals surface area contributed by atoms with Crippen molar-refractivity contribution in [3.8, 4) is 0 Å². The fourth-order valence-corrected chi connectivity index (χ4v) is 2.90. The first-order chi connectivity index (χ1) is 12.0. The van der Waals surface area contributed by atoms with Gasteiger partial charge in [-0.15, -0.1) is 0 Å². The molecule has 0 amide bonds. The molecule has 2 atom stereocenters. The highest BCUT2D eigenvalue weighted by molar-refractivity contribution is 5.71. The van der Waals surface area contributed by atoms with E-state index >= 15 is 0 Å². The molecule has 0 aromatic rings. The molecule has 2 unspecified atom stereocenters. The number of hydrogen-bond acceptors (Lipinski definition) is 4. The first-order valence-electron chi connectivity index (χ1n) is 10.0. The second kappa shape index (κ2) is 16.4. The van der Waals surface area contributed by atoms with Crippen molar-refractivity contribution in [3.63, 3.8) is 0 Å². The summed E-state index contributed by atoms with van der Waals surface area (Å²) < 4.78 is 4.96. The van der Waals surface area contributed by atoms with Crippen LogP contribution in [0, 0.1) is 0 Å². The number of aliphatic carboxylic acids is 1. The topological polar surface area (TPSA) is 83.8 Å². The van der Waals surface area contributed by atoms with Crippen LogP contribution in [0.25, 0.3) is 0 Å². The van der Waals surface area contributed by atoms with Crippen LogP contribution >= 0.6 is 0 Å². The minimum absolute atomic E-state index is 0.0539. The van der Waals surface area contributed by atoms with Gasteiger partial charge in [0, 0.05) is 0 Å². The van der Waals surface area contributed by atoms with Crippen LogP contribution in [0.4, 0.5) is 0 Å². The molecule has 0 aliphatic rings. The number of hydrogen-bond donors (Lipinski definition) is 2. The van der Waals surface area contributed by atoms with Crippen molar-refractivity contribution in [3.05, 3.63) is 0 Å². The Hall–Kier alpha value is -1.10. The predicted molar refractivity (Wildman–Crippen MR) is 99.5 cm³/mol. The molecule has 5 nitrogen and oxygen atoms in total. The lowest BCUT2D eigenvalue weighted by Gasteiger charge is -2.13. The Morgan fingerprint density at radius 1 is 0.840 bits per heavy atom. The van der Waals surface area contributed by atoms with E-state index in [4.69, 9.17) is 9.84 Å². The molecule has 0 aromatic carbocycles.